The van der Waals surface area contributed by atoms with Crippen molar-refractivity contribution in [2.75, 3.05) is 21.3 Å². The Kier molecular flexibility index (Phi) is 5.57. The average molecular weight is 344 g/mol. The van der Waals surface area contributed by atoms with Crippen LogP contribution in [0.4, 0.5) is 0 Å². The largest absolute Gasteiger partial charge is 0.497 e. The predicted octanol–water partition coefficient (Wildman–Crippen LogP) is 4.61. The zero-order chi connectivity index (χ0) is 18.6. The van der Waals surface area contributed by atoms with E-state index >= 15 is 0 Å². The second-order valence-corrected chi connectivity index (χ2v) is 6.59. The quantitative estimate of drug-likeness (QED) is 0.716. The zero-order valence-corrected chi connectivity index (χ0v) is 15.5. The molecule has 2 aromatic carbocycles. The Morgan fingerprint density at radius 1 is 0.840 bits per heavy atom. The van der Waals surface area contributed by atoms with Crippen LogP contribution < -0.4 is 18.9 Å². The van der Waals surface area contributed by atoms with Crippen molar-refractivity contribution in [3.8, 4) is 28.7 Å². The molecule has 0 saturated heterocycles. The number of hydrogen-bond donors (Lipinski definition) is 0. The number of carbonyl (C=O) groups is 1. The maximum Gasteiger partial charge on any atom is 0.203 e. The topological polar surface area (TPSA) is 54.0 Å². The Bertz CT molecular complexity index is 759. The Morgan fingerprint density at radius 3 is 2.04 bits per heavy atom. The van der Waals surface area contributed by atoms with Gasteiger partial charge in [-0.15, -0.1) is 0 Å². The summed E-state index contributed by atoms with van der Waals surface area (Å²) in [6.07, 6.45) is 0.744. The molecule has 0 spiro atoms. The summed E-state index contributed by atoms with van der Waals surface area (Å²) in [6.45, 7) is 6.27. The molecule has 0 aliphatic rings. The summed E-state index contributed by atoms with van der Waals surface area (Å²) >= 11 is 0. The summed E-state index contributed by atoms with van der Waals surface area (Å²) in [5.74, 6) is 2.71. The fraction of sp³-hybridized carbons (Fsp3) is 0.350. The highest BCUT2D eigenvalue weighted by Crippen LogP contribution is 2.43. The van der Waals surface area contributed by atoms with Gasteiger partial charge in [0.25, 0.3) is 0 Å². The minimum Gasteiger partial charge on any atom is -0.497 e. The van der Waals surface area contributed by atoms with Crippen LogP contribution in [0, 0.1) is 0 Å². The molecule has 5 heteroatoms. The van der Waals surface area contributed by atoms with E-state index in [1.165, 1.54) is 14.2 Å². The molecule has 0 aromatic heterocycles. The first-order chi connectivity index (χ1) is 11.8. The molecule has 0 saturated carbocycles. The van der Waals surface area contributed by atoms with Crippen LogP contribution in [0.25, 0.3) is 0 Å². The molecule has 0 fully saturated rings. The van der Waals surface area contributed by atoms with E-state index in [1.54, 1.807) is 19.2 Å². The molecule has 2 aromatic rings. The summed E-state index contributed by atoms with van der Waals surface area (Å²) in [5.41, 5.74) is 1.26. The smallest absolute Gasteiger partial charge is 0.203 e. The first kappa shape index (κ1) is 18.6. The fourth-order valence-corrected chi connectivity index (χ4v) is 2.52. The summed E-state index contributed by atoms with van der Waals surface area (Å²) in [5, 5.41) is 0. The number of carbonyl (C=O) groups excluding carboxylic acids is 1. The van der Waals surface area contributed by atoms with Crippen LogP contribution in [0.15, 0.2) is 30.3 Å². The standard InChI is InChI=1S/C20H24O5/c1-20(2,3)15-11-14(22-4)7-8-16(15)25-18-10-13(12-21)9-17(23-5)19(18)24-6/h7-12H,1-6H3. The van der Waals surface area contributed by atoms with Crippen LogP contribution in [0.1, 0.15) is 36.7 Å². The van der Waals surface area contributed by atoms with Gasteiger partial charge < -0.3 is 18.9 Å². The Morgan fingerprint density at radius 2 is 1.52 bits per heavy atom. The van der Waals surface area contributed by atoms with Crippen molar-refractivity contribution in [1.82, 2.24) is 0 Å². The third-order valence-corrected chi connectivity index (χ3v) is 3.82. The SMILES string of the molecule is COc1ccc(Oc2cc(C=O)cc(OC)c2OC)c(C(C)(C)C)c1. The van der Waals surface area contributed by atoms with E-state index in [0.717, 1.165) is 17.6 Å². The van der Waals surface area contributed by atoms with Crippen LogP contribution in [-0.2, 0) is 5.41 Å². The van der Waals surface area contributed by atoms with Gasteiger partial charge in [0.1, 0.15) is 17.8 Å². The van der Waals surface area contributed by atoms with Gasteiger partial charge in [-0.3, -0.25) is 4.79 Å². The lowest BCUT2D eigenvalue weighted by Crippen LogP contribution is -2.13. The highest BCUT2D eigenvalue weighted by molar-refractivity contribution is 5.78. The minimum absolute atomic E-state index is 0.163. The van der Waals surface area contributed by atoms with E-state index in [0.29, 0.717) is 28.6 Å². The number of aldehydes is 1. The lowest BCUT2D eigenvalue weighted by Gasteiger charge is -2.24. The van der Waals surface area contributed by atoms with Gasteiger partial charge in [0.15, 0.2) is 11.5 Å². The molecule has 0 bridgehead atoms. The summed E-state index contributed by atoms with van der Waals surface area (Å²) in [6, 6.07) is 8.86. The first-order valence-corrected chi connectivity index (χ1v) is 7.91. The molecule has 0 radical (unpaired) electrons. The van der Waals surface area contributed by atoms with Gasteiger partial charge in [-0.2, -0.15) is 0 Å². The summed E-state index contributed by atoms with van der Waals surface area (Å²) < 4.78 is 22.2. The second kappa shape index (κ2) is 7.47. The zero-order valence-electron chi connectivity index (χ0n) is 15.5. The van der Waals surface area contributed by atoms with Gasteiger partial charge in [0, 0.05) is 11.1 Å². The van der Waals surface area contributed by atoms with Crippen molar-refractivity contribution in [3.63, 3.8) is 0 Å². The number of rotatable bonds is 6. The van der Waals surface area contributed by atoms with E-state index in [1.807, 2.05) is 18.2 Å². The Balaban J connectivity index is 2.58. The Labute approximate surface area is 148 Å². The Hall–Kier alpha value is -2.69. The molecule has 0 atom stereocenters. The lowest BCUT2D eigenvalue weighted by atomic mass is 9.86. The molecule has 0 unspecified atom stereocenters. The number of hydrogen-bond acceptors (Lipinski definition) is 5. The van der Waals surface area contributed by atoms with Crippen molar-refractivity contribution < 1.29 is 23.7 Å². The number of benzene rings is 2. The lowest BCUT2D eigenvalue weighted by molar-refractivity contribution is 0.112. The van der Waals surface area contributed by atoms with Crippen molar-refractivity contribution in [1.29, 1.82) is 0 Å². The third-order valence-electron chi connectivity index (χ3n) is 3.82. The van der Waals surface area contributed by atoms with E-state index in [2.05, 4.69) is 20.8 Å². The van der Waals surface area contributed by atoms with Crippen molar-refractivity contribution in [2.24, 2.45) is 0 Å². The summed E-state index contributed by atoms with van der Waals surface area (Å²) in [4.78, 5) is 11.2. The van der Waals surface area contributed by atoms with Gasteiger partial charge in [0.05, 0.1) is 21.3 Å². The van der Waals surface area contributed by atoms with Gasteiger partial charge in [-0.1, -0.05) is 20.8 Å². The molecule has 2 rings (SSSR count). The number of ether oxygens (including phenoxy) is 4. The first-order valence-electron chi connectivity index (χ1n) is 7.91. The minimum atomic E-state index is -0.163. The molecule has 5 nitrogen and oxygen atoms in total. The molecule has 0 heterocycles. The fourth-order valence-electron chi connectivity index (χ4n) is 2.52. The molecular weight excluding hydrogens is 320 g/mol. The van der Waals surface area contributed by atoms with Crippen LogP contribution in [0.5, 0.6) is 28.7 Å². The molecule has 0 amide bonds. The molecule has 134 valence electrons. The maximum absolute atomic E-state index is 11.2. The van der Waals surface area contributed by atoms with E-state index in [4.69, 9.17) is 18.9 Å². The van der Waals surface area contributed by atoms with Crippen molar-refractivity contribution in [3.05, 3.63) is 41.5 Å². The van der Waals surface area contributed by atoms with Crippen molar-refractivity contribution in [2.45, 2.75) is 26.2 Å². The monoisotopic (exact) mass is 344 g/mol. The maximum atomic E-state index is 11.2. The number of methoxy groups -OCH3 is 3. The van der Waals surface area contributed by atoms with Gasteiger partial charge in [-0.25, -0.2) is 0 Å². The normalized spacial score (nSPS) is 11.0. The molecular formula is C20H24O5. The van der Waals surface area contributed by atoms with Crippen LogP contribution in [-0.4, -0.2) is 27.6 Å². The van der Waals surface area contributed by atoms with E-state index in [9.17, 15) is 4.79 Å². The molecule has 25 heavy (non-hydrogen) atoms. The molecule has 0 aliphatic heterocycles. The third kappa shape index (κ3) is 4.05. The summed E-state index contributed by atoms with van der Waals surface area (Å²) in [7, 11) is 4.68. The van der Waals surface area contributed by atoms with E-state index in [-0.39, 0.29) is 5.41 Å². The average Bonchev–Trinajstić information content (AvgIpc) is 2.60. The van der Waals surface area contributed by atoms with Crippen LogP contribution in [0.3, 0.4) is 0 Å². The van der Waals surface area contributed by atoms with Gasteiger partial charge >= 0.3 is 0 Å². The van der Waals surface area contributed by atoms with Gasteiger partial charge in [0.2, 0.25) is 5.75 Å². The predicted molar refractivity (Wildman–Crippen MR) is 96.7 cm³/mol. The molecule has 0 aliphatic carbocycles. The molecule has 0 N–H and O–H groups in total. The van der Waals surface area contributed by atoms with Crippen molar-refractivity contribution >= 4 is 6.29 Å². The highest BCUT2D eigenvalue weighted by Gasteiger charge is 2.22. The highest BCUT2D eigenvalue weighted by atomic mass is 16.5. The van der Waals surface area contributed by atoms with Crippen LogP contribution in [0.2, 0.25) is 0 Å². The van der Waals surface area contributed by atoms with Gasteiger partial charge in [-0.05, 0) is 35.7 Å². The van der Waals surface area contributed by atoms with E-state index < -0.39 is 0 Å². The second-order valence-electron chi connectivity index (χ2n) is 6.59. The van der Waals surface area contributed by atoms with Crippen LogP contribution >= 0.6 is 0 Å².